The number of nitrogens with zero attached hydrogens (tertiary/aromatic N) is 1. The monoisotopic (exact) mass is 237 g/mol. The van der Waals surface area contributed by atoms with Crippen molar-refractivity contribution in [1.82, 2.24) is 4.98 Å². The molecule has 4 heteroatoms. The zero-order valence-corrected chi connectivity index (χ0v) is 9.67. The van der Waals surface area contributed by atoms with Gasteiger partial charge in [0.25, 0.3) is 0 Å². The first-order valence-electron chi connectivity index (χ1n) is 4.98. The summed E-state index contributed by atoms with van der Waals surface area (Å²) < 4.78 is 13.0. The summed E-state index contributed by atoms with van der Waals surface area (Å²) in [6.45, 7) is 1.69. The van der Waals surface area contributed by atoms with E-state index in [1.54, 1.807) is 30.8 Å². The molecular weight excluding hydrogens is 225 g/mol. The summed E-state index contributed by atoms with van der Waals surface area (Å²) in [4.78, 5) is 4.97. The van der Waals surface area contributed by atoms with Crippen molar-refractivity contribution in [2.24, 2.45) is 0 Å². The van der Waals surface area contributed by atoms with E-state index in [9.17, 15) is 9.50 Å². The molecule has 0 fully saturated rings. The Labute approximate surface area is 97.4 Å². The Balaban J connectivity index is 2.14. The summed E-state index contributed by atoms with van der Waals surface area (Å²) >= 11 is 1.51. The van der Waals surface area contributed by atoms with Crippen molar-refractivity contribution >= 4 is 11.3 Å². The summed E-state index contributed by atoms with van der Waals surface area (Å²) in [5.41, 5.74) is 3.03. The maximum Gasteiger partial charge on any atom is 0.126 e. The zero-order chi connectivity index (χ0) is 11.5. The van der Waals surface area contributed by atoms with E-state index in [1.807, 2.05) is 0 Å². The third-order valence-electron chi connectivity index (χ3n) is 2.44. The van der Waals surface area contributed by atoms with Gasteiger partial charge in [0.15, 0.2) is 0 Å². The second-order valence-corrected chi connectivity index (χ2v) is 4.67. The largest absolute Gasteiger partial charge is 0.388 e. The molecule has 1 atom stereocenters. The topological polar surface area (TPSA) is 33.1 Å². The number of aryl methyl sites for hydroxylation is 1. The minimum Gasteiger partial charge on any atom is -0.388 e. The number of hydrogen-bond donors (Lipinski definition) is 1. The van der Waals surface area contributed by atoms with Gasteiger partial charge in [-0.2, -0.15) is 0 Å². The third-order valence-corrected chi connectivity index (χ3v) is 3.25. The Morgan fingerprint density at radius 3 is 2.94 bits per heavy atom. The molecule has 1 heterocycles. The molecule has 84 valence electrons. The van der Waals surface area contributed by atoms with E-state index < -0.39 is 6.10 Å². The van der Waals surface area contributed by atoms with Crippen LogP contribution in [0.25, 0.3) is 0 Å². The van der Waals surface area contributed by atoms with Crippen LogP contribution in [0.2, 0.25) is 0 Å². The Morgan fingerprint density at radius 2 is 2.31 bits per heavy atom. The Kier molecular flexibility index (Phi) is 3.31. The van der Waals surface area contributed by atoms with Gasteiger partial charge in [-0.15, -0.1) is 11.3 Å². The van der Waals surface area contributed by atoms with Crippen LogP contribution < -0.4 is 0 Å². The van der Waals surface area contributed by atoms with E-state index in [1.165, 1.54) is 17.4 Å². The lowest BCUT2D eigenvalue weighted by Crippen LogP contribution is -2.01. The number of halogens is 1. The van der Waals surface area contributed by atoms with E-state index in [2.05, 4.69) is 4.98 Å². The van der Waals surface area contributed by atoms with Crippen LogP contribution in [0, 0.1) is 12.7 Å². The van der Waals surface area contributed by atoms with Gasteiger partial charge in [0.05, 0.1) is 11.6 Å². The molecule has 0 spiro atoms. The van der Waals surface area contributed by atoms with Gasteiger partial charge in [-0.1, -0.05) is 12.1 Å². The standard InChI is InChI=1S/C12H12FNOS/c1-8-4-9(2-3-11(8)13)12(15)5-10-6-14-7-16-10/h2-4,6-7,12,15H,5H2,1H3. The predicted octanol–water partition coefficient (Wildman–Crippen LogP) is 2.87. The Hall–Kier alpha value is -1.26. The molecule has 0 bridgehead atoms. The molecule has 2 nitrogen and oxygen atoms in total. The lowest BCUT2D eigenvalue weighted by atomic mass is 10.0. The normalized spacial score (nSPS) is 12.7. The van der Waals surface area contributed by atoms with Crippen LogP contribution in [-0.4, -0.2) is 10.1 Å². The summed E-state index contributed by atoms with van der Waals surface area (Å²) in [6, 6.07) is 4.69. The number of aromatic nitrogens is 1. The molecule has 0 radical (unpaired) electrons. The van der Waals surface area contributed by atoms with Crippen LogP contribution in [0.15, 0.2) is 29.9 Å². The molecule has 0 aliphatic heterocycles. The highest BCUT2D eigenvalue weighted by Gasteiger charge is 2.10. The van der Waals surface area contributed by atoms with Gasteiger partial charge in [0, 0.05) is 17.5 Å². The van der Waals surface area contributed by atoms with Crippen LogP contribution in [0.3, 0.4) is 0 Å². The lowest BCUT2D eigenvalue weighted by molar-refractivity contribution is 0.179. The zero-order valence-electron chi connectivity index (χ0n) is 8.85. The van der Waals surface area contributed by atoms with Crippen molar-refractivity contribution in [3.8, 4) is 0 Å². The van der Waals surface area contributed by atoms with Crippen LogP contribution in [0.4, 0.5) is 4.39 Å². The summed E-state index contributed by atoms with van der Waals surface area (Å²) in [5, 5.41) is 9.96. The number of hydrogen-bond acceptors (Lipinski definition) is 3. The molecule has 0 amide bonds. The van der Waals surface area contributed by atoms with E-state index in [4.69, 9.17) is 0 Å². The first kappa shape index (κ1) is 11.2. The molecule has 2 rings (SSSR count). The van der Waals surface area contributed by atoms with Crippen molar-refractivity contribution < 1.29 is 9.50 Å². The van der Waals surface area contributed by atoms with Gasteiger partial charge in [0.2, 0.25) is 0 Å². The van der Waals surface area contributed by atoms with Crippen molar-refractivity contribution in [1.29, 1.82) is 0 Å². The van der Waals surface area contributed by atoms with Crippen LogP contribution in [0.1, 0.15) is 22.1 Å². The van der Waals surface area contributed by atoms with E-state index in [0.717, 1.165) is 10.4 Å². The molecule has 1 aromatic heterocycles. The third kappa shape index (κ3) is 2.46. The molecule has 1 unspecified atom stereocenters. The molecule has 0 saturated heterocycles. The quantitative estimate of drug-likeness (QED) is 0.890. The predicted molar refractivity (Wildman–Crippen MR) is 61.9 cm³/mol. The van der Waals surface area contributed by atoms with E-state index >= 15 is 0 Å². The minimum absolute atomic E-state index is 0.242. The molecule has 1 N–H and O–H groups in total. The molecule has 0 saturated carbocycles. The smallest absolute Gasteiger partial charge is 0.126 e. The molecule has 0 aliphatic rings. The average Bonchev–Trinajstić information content (AvgIpc) is 2.74. The molecular formula is C12H12FNOS. The van der Waals surface area contributed by atoms with Crippen LogP contribution in [0.5, 0.6) is 0 Å². The van der Waals surface area contributed by atoms with Crippen LogP contribution >= 0.6 is 11.3 Å². The van der Waals surface area contributed by atoms with Gasteiger partial charge >= 0.3 is 0 Å². The van der Waals surface area contributed by atoms with Crippen molar-refractivity contribution in [2.45, 2.75) is 19.4 Å². The van der Waals surface area contributed by atoms with E-state index in [-0.39, 0.29) is 5.82 Å². The first-order chi connectivity index (χ1) is 7.66. The number of aliphatic hydroxyl groups excluding tert-OH is 1. The van der Waals surface area contributed by atoms with Crippen molar-refractivity contribution in [3.05, 3.63) is 51.7 Å². The summed E-state index contributed by atoms with van der Waals surface area (Å²) in [7, 11) is 0. The summed E-state index contributed by atoms with van der Waals surface area (Å²) in [5.74, 6) is -0.242. The maximum atomic E-state index is 13.0. The number of thiazole rings is 1. The second-order valence-electron chi connectivity index (χ2n) is 3.70. The van der Waals surface area contributed by atoms with Gasteiger partial charge in [-0.05, 0) is 24.1 Å². The molecule has 16 heavy (non-hydrogen) atoms. The fourth-order valence-corrected chi connectivity index (χ4v) is 2.16. The second kappa shape index (κ2) is 4.72. The highest BCUT2D eigenvalue weighted by Crippen LogP contribution is 2.21. The van der Waals surface area contributed by atoms with Gasteiger partial charge in [-0.3, -0.25) is 4.98 Å². The number of rotatable bonds is 3. The fourth-order valence-electron chi connectivity index (χ4n) is 1.53. The maximum absolute atomic E-state index is 13.0. The molecule has 2 aromatic rings. The Bertz CT molecular complexity index is 470. The van der Waals surface area contributed by atoms with Gasteiger partial charge < -0.3 is 5.11 Å². The number of aliphatic hydroxyl groups is 1. The van der Waals surface area contributed by atoms with Gasteiger partial charge in [-0.25, -0.2) is 4.39 Å². The van der Waals surface area contributed by atoms with Gasteiger partial charge in [0.1, 0.15) is 5.82 Å². The Morgan fingerprint density at radius 1 is 1.50 bits per heavy atom. The lowest BCUT2D eigenvalue weighted by Gasteiger charge is -2.10. The average molecular weight is 237 g/mol. The number of benzene rings is 1. The SMILES string of the molecule is Cc1cc(C(O)Cc2cncs2)ccc1F. The van der Waals surface area contributed by atoms with Crippen LogP contribution in [-0.2, 0) is 6.42 Å². The van der Waals surface area contributed by atoms with Crippen molar-refractivity contribution in [3.63, 3.8) is 0 Å². The molecule has 0 aliphatic carbocycles. The first-order valence-corrected chi connectivity index (χ1v) is 5.86. The minimum atomic E-state index is -0.597. The highest BCUT2D eigenvalue weighted by molar-refractivity contribution is 7.09. The van der Waals surface area contributed by atoms with E-state index in [0.29, 0.717) is 12.0 Å². The fraction of sp³-hybridized carbons (Fsp3) is 0.250. The summed E-state index contributed by atoms with van der Waals surface area (Å²) in [6.07, 6.45) is 1.67. The highest BCUT2D eigenvalue weighted by atomic mass is 32.1. The molecule has 1 aromatic carbocycles. The van der Waals surface area contributed by atoms with Crippen molar-refractivity contribution in [2.75, 3.05) is 0 Å².